The van der Waals surface area contributed by atoms with E-state index in [0.29, 0.717) is 18.1 Å². The summed E-state index contributed by atoms with van der Waals surface area (Å²) in [6, 6.07) is 13.7. The Balaban J connectivity index is 1.48. The number of ether oxygens (including phenoxy) is 2. The van der Waals surface area contributed by atoms with E-state index in [-0.39, 0.29) is 18.6 Å². The molecule has 0 N–H and O–H groups in total. The Hall–Kier alpha value is -2.99. The van der Waals surface area contributed by atoms with E-state index in [1.807, 2.05) is 60.3 Å². The molecule has 1 aliphatic carbocycles. The number of anilines is 1. The number of carbonyl (C=O) groups excluding carboxylic acids is 1. The van der Waals surface area contributed by atoms with Crippen LogP contribution >= 0.6 is 11.6 Å². The van der Waals surface area contributed by atoms with Crippen LogP contribution in [0.2, 0.25) is 5.02 Å². The lowest BCUT2D eigenvalue weighted by atomic mass is 10.1. The molecule has 0 saturated heterocycles. The number of nitrogens with zero attached hydrogens (tertiary/aromatic N) is 3. The number of fused-ring (bicyclic) bond motifs is 2. The first kappa shape index (κ1) is 19.9. The number of halogens is 1. The molecular formula is C24H24ClN3O3. The molecule has 0 radical (unpaired) electrons. The van der Waals surface area contributed by atoms with Crippen LogP contribution in [0.25, 0.3) is 10.9 Å². The lowest BCUT2D eigenvalue weighted by molar-refractivity contribution is -0.133. The van der Waals surface area contributed by atoms with E-state index in [2.05, 4.69) is 6.07 Å². The average Bonchev–Trinajstić information content (AvgIpc) is 3.50. The van der Waals surface area contributed by atoms with Crippen molar-refractivity contribution in [2.45, 2.75) is 25.9 Å². The van der Waals surface area contributed by atoms with Gasteiger partial charge in [0.05, 0.1) is 5.52 Å². The largest absolute Gasteiger partial charge is 0.454 e. The molecule has 2 heterocycles. The molecule has 1 aromatic heterocycles. The second kappa shape index (κ2) is 7.93. The molecule has 2 aliphatic rings. The molecule has 2 aromatic carbocycles. The first-order valence-corrected chi connectivity index (χ1v) is 10.8. The van der Waals surface area contributed by atoms with Gasteiger partial charge in [0.1, 0.15) is 5.82 Å². The smallest absolute Gasteiger partial charge is 0.231 e. The second-order valence-electron chi connectivity index (χ2n) is 8.36. The van der Waals surface area contributed by atoms with Crippen LogP contribution in [0.5, 0.6) is 11.5 Å². The van der Waals surface area contributed by atoms with Crippen LogP contribution < -0.4 is 14.4 Å². The van der Waals surface area contributed by atoms with Crippen molar-refractivity contribution in [2.24, 2.45) is 5.92 Å². The maximum Gasteiger partial charge on any atom is 0.231 e. The summed E-state index contributed by atoms with van der Waals surface area (Å²) in [5.41, 5.74) is 2.87. The number of benzene rings is 2. The fraction of sp³-hybridized carbons (Fsp3) is 0.333. The second-order valence-corrected chi connectivity index (χ2v) is 8.80. The average molecular weight is 438 g/mol. The quantitative estimate of drug-likeness (QED) is 0.563. The number of rotatable bonds is 6. The van der Waals surface area contributed by atoms with Gasteiger partial charge in [0, 0.05) is 49.1 Å². The first-order valence-electron chi connectivity index (χ1n) is 10.4. The summed E-state index contributed by atoms with van der Waals surface area (Å²) in [5.74, 6) is 2.64. The van der Waals surface area contributed by atoms with Crippen molar-refractivity contribution in [3.8, 4) is 11.5 Å². The molecule has 1 fully saturated rings. The number of aromatic nitrogens is 1. The van der Waals surface area contributed by atoms with Crippen molar-refractivity contribution in [3.05, 3.63) is 58.6 Å². The molecule has 0 spiro atoms. The third kappa shape index (κ3) is 4.12. The van der Waals surface area contributed by atoms with Crippen molar-refractivity contribution in [1.82, 2.24) is 9.88 Å². The number of hydrogen-bond acceptors (Lipinski definition) is 5. The third-order valence-electron chi connectivity index (χ3n) is 5.67. The van der Waals surface area contributed by atoms with Crippen LogP contribution in [0.4, 0.5) is 5.82 Å². The highest BCUT2D eigenvalue weighted by molar-refractivity contribution is 6.31. The van der Waals surface area contributed by atoms with Crippen LogP contribution in [0.1, 0.15) is 24.0 Å². The fourth-order valence-electron chi connectivity index (χ4n) is 3.94. The number of pyridine rings is 1. The first-order chi connectivity index (χ1) is 15.0. The van der Waals surface area contributed by atoms with E-state index < -0.39 is 0 Å². The molecule has 1 amide bonds. The zero-order valence-corrected chi connectivity index (χ0v) is 18.4. The molecule has 5 rings (SSSR count). The Morgan fingerprint density at radius 1 is 1.06 bits per heavy atom. The van der Waals surface area contributed by atoms with Gasteiger partial charge in [-0.3, -0.25) is 4.79 Å². The van der Waals surface area contributed by atoms with Gasteiger partial charge in [-0.25, -0.2) is 4.98 Å². The molecule has 160 valence electrons. The number of carbonyl (C=O) groups is 1. The summed E-state index contributed by atoms with van der Waals surface area (Å²) in [6.45, 7) is 1.24. The maximum absolute atomic E-state index is 13.2. The van der Waals surface area contributed by atoms with Gasteiger partial charge in [0.25, 0.3) is 0 Å². The van der Waals surface area contributed by atoms with Gasteiger partial charge in [0.2, 0.25) is 12.7 Å². The Morgan fingerprint density at radius 3 is 2.65 bits per heavy atom. The standard InChI is InChI=1S/C24H24ClN3O3/c1-27(2)23-18(10-17-6-7-19(25)11-20(17)26-23)13-28(24(29)16-4-5-16)12-15-3-8-21-22(9-15)31-14-30-21/h3,6-11,16H,4-5,12-14H2,1-2H3. The highest BCUT2D eigenvalue weighted by atomic mass is 35.5. The van der Waals surface area contributed by atoms with Crippen LogP contribution in [-0.4, -0.2) is 36.7 Å². The number of amides is 1. The Morgan fingerprint density at radius 2 is 1.87 bits per heavy atom. The Labute approximate surface area is 186 Å². The molecule has 31 heavy (non-hydrogen) atoms. The molecule has 3 aromatic rings. The van der Waals surface area contributed by atoms with Crippen LogP contribution in [0, 0.1) is 5.92 Å². The third-order valence-corrected chi connectivity index (χ3v) is 5.90. The van der Waals surface area contributed by atoms with Gasteiger partial charge >= 0.3 is 0 Å². The predicted molar refractivity (Wildman–Crippen MR) is 121 cm³/mol. The molecule has 0 bridgehead atoms. The molecule has 6 nitrogen and oxygen atoms in total. The summed E-state index contributed by atoms with van der Waals surface area (Å²) in [4.78, 5) is 21.9. The summed E-state index contributed by atoms with van der Waals surface area (Å²) >= 11 is 6.16. The number of hydrogen-bond donors (Lipinski definition) is 0. The van der Waals surface area contributed by atoms with E-state index in [1.54, 1.807) is 0 Å². The minimum atomic E-state index is 0.129. The van der Waals surface area contributed by atoms with Crippen molar-refractivity contribution in [3.63, 3.8) is 0 Å². The molecule has 0 atom stereocenters. The van der Waals surface area contributed by atoms with E-state index in [1.165, 1.54) is 0 Å². The predicted octanol–water partition coefficient (Wildman–Crippen LogP) is 4.62. The molecule has 1 saturated carbocycles. The van der Waals surface area contributed by atoms with Crippen molar-refractivity contribution < 1.29 is 14.3 Å². The molecule has 0 unspecified atom stereocenters. The summed E-state index contributed by atoms with van der Waals surface area (Å²) < 4.78 is 10.9. The van der Waals surface area contributed by atoms with Crippen LogP contribution in [0.15, 0.2) is 42.5 Å². The zero-order valence-electron chi connectivity index (χ0n) is 17.6. The molecule has 7 heteroatoms. The lowest BCUT2D eigenvalue weighted by Crippen LogP contribution is -2.32. The highest BCUT2D eigenvalue weighted by Crippen LogP contribution is 2.36. The van der Waals surface area contributed by atoms with Gasteiger partial charge in [-0.05, 0) is 48.7 Å². The van der Waals surface area contributed by atoms with Gasteiger partial charge in [-0.1, -0.05) is 23.7 Å². The van der Waals surface area contributed by atoms with E-state index in [9.17, 15) is 4.79 Å². The van der Waals surface area contributed by atoms with E-state index >= 15 is 0 Å². The SMILES string of the molecule is CN(C)c1nc2cc(Cl)ccc2cc1CN(Cc1ccc2c(c1)OCO2)C(=O)C1CC1. The van der Waals surface area contributed by atoms with E-state index in [0.717, 1.165) is 52.2 Å². The summed E-state index contributed by atoms with van der Waals surface area (Å²) in [7, 11) is 3.93. The maximum atomic E-state index is 13.2. The van der Waals surface area contributed by atoms with Gasteiger partial charge in [0.15, 0.2) is 11.5 Å². The van der Waals surface area contributed by atoms with Crippen LogP contribution in [-0.2, 0) is 17.9 Å². The monoisotopic (exact) mass is 437 g/mol. The normalized spacial score (nSPS) is 14.7. The fourth-order valence-corrected chi connectivity index (χ4v) is 4.11. The Kier molecular flexibility index (Phi) is 5.10. The molecule has 1 aliphatic heterocycles. The van der Waals surface area contributed by atoms with Gasteiger partial charge in [-0.15, -0.1) is 0 Å². The Bertz CT molecular complexity index is 1160. The van der Waals surface area contributed by atoms with Gasteiger partial charge < -0.3 is 19.3 Å². The van der Waals surface area contributed by atoms with E-state index in [4.69, 9.17) is 26.1 Å². The topological polar surface area (TPSA) is 54.9 Å². The van der Waals surface area contributed by atoms with Crippen molar-refractivity contribution in [2.75, 3.05) is 25.8 Å². The summed E-state index contributed by atoms with van der Waals surface area (Å²) in [6.07, 6.45) is 1.93. The minimum Gasteiger partial charge on any atom is -0.454 e. The zero-order chi connectivity index (χ0) is 21.5. The van der Waals surface area contributed by atoms with Gasteiger partial charge in [-0.2, -0.15) is 0 Å². The van der Waals surface area contributed by atoms with Crippen LogP contribution in [0.3, 0.4) is 0 Å². The molecular weight excluding hydrogens is 414 g/mol. The highest BCUT2D eigenvalue weighted by Gasteiger charge is 2.34. The van der Waals surface area contributed by atoms with Crippen molar-refractivity contribution in [1.29, 1.82) is 0 Å². The van der Waals surface area contributed by atoms with Crippen molar-refractivity contribution >= 4 is 34.2 Å². The minimum absolute atomic E-state index is 0.129. The summed E-state index contributed by atoms with van der Waals surface area (Å²) in [5, 5.41) is 1.66. The lowest BCUT2D eigenvalue weighted by Gasteiger charge is -2.26.